The lowest BCUT2D eigenvalue weighted by molar-refractivity contribution is 0.402. The zero-order valence-electron chi connectivity index (χ0n) is 11.3. The van der Waals surface area contributed by atoms with Crippen molar-refractivity contribution in [3.05, 3.63) is 58.7 Å². The van der Waals surface area contributed by atoms with Crippen LogP contribution >= 0.6 is 23.0 Å². The number of aliphatic hydroxyl groups excluding tert-OH is 1. The molecule has 0 heterocycles. The maximum Gasteiger partial charge on any atom is 0.192 e. The molecule has 0 amide bonds. The first kappa shape index (κ1) is 15.6. The number of benzene rings is 1. The fraction of sp³-hybridized carbons (Fsp3) is 0.250. The molecule has 0 bridgehead atoms. The monoisotopic (exact) mass is 368 g/mol. The second-order valence-corrected chi connectivity index (χ2v) is 4.85. The summed E-state index contributed by atoms with van der Waals surface area (Å²) in [6.45, 7) is 5.92. The molecule has 0 atom stereocenters. The molecular weight excluding hydrogens is 351 g/mol. The van der Waals surface area contributed by atoms with E-state index in [9.17, 15) is 5.11 Å². The Labute approximate surface area is 128 Å². The lowest BCUT2D eigenvalue weighted by Gasteiger charge is -1.99. The number of aliphatic hydroxyl groups is 1. The maximum absolute atomic E-state index is 9.64. The fourth-order valence-corrected chi connectivity index (χ4v) is 1.64. The minimum absolute atomic E-state index is 0.188. The first-order chi connectivity index (χ1) is 9.02. The van der Waals surface area contributed by atoms with Crippen LogP contribution in [0.15, 0.2) is 53.1 Å². The number of rotatable bonds is 4. The van der Waals surface area contributed by atoms with Crippen molar-refractivity contribution in [1.29, 1.82) is 0 Å². The van der Waals surface area contributed by atoms with Gasteiger partial charge in [-0.15, -0.1) is 0 Å². The van der Waals surface area contributed by atoms with E-state index in [1.165, 1.54) is 5.57 Å². The highest BCUT2D eigenvalue weighted by Crippen LogP contribution is 2.18. The Morgan fingerprint density at radius 2 is 1.84 bits per heavy atom. The number of allylic oxidation sites excluding steroid dienone is 3. The van der Waals surface area contributed by atoms with Gasteiger partial charge in [-0.2, -0.15) is 0 Å². The minimum Gasteiger partial charge on any atom is -0.504 e. The third kappa shape index (κ3) is 5.84. The molecule has 0 aromatic heterocycles. The Hall–Kier alpha value is -1.41. The zero-order valence-corrected chi connectivity index (χ0v) is 13.5. The third-order valence-corrected chi connectivity index (χ3v) is 2.98. The van der Waals surface area contributed by atoms with Gasteiger partial charge in [0, 0.05) is 12.0 Å². The van der Waals surface area contributed by atoms with Gasteiger partial charge in [-0.25, -0.2) is 0 Å². The lowest BCUT2D eigenvalue weighted by atomic mass is 10.1. The van der Waals surface area contributed by atoms with Gasteiger partial charge in [0.15, 0.2) is 23.0 Å². The van der Waals surface area contributed by atoms with Crippen molar-refractivity contribution in [3.8, 4) is 5.75 Å². The minimum atomic E-state index is 0.188. The molecule has 0 aliphatic rings. The van der Waals surface area contributed by atoms with Crippen LogP contribution in [-0.2, 0) is 0 Å². The summed E-state index contributed by atoms with van der Waals surface area (Å²) in [6.07, 6.45) is 2.44. The quantitative estimate of drug-likeness (QED) is 0.335. The van der Waals surface area contributed by atoms with Crippen molar-refractivity contribution in [2.45, 2.75) is 27.2 Å². The predicted molar refractivity (Wildman–Crippen MR) is 87.4 cm³/mol. The van der Waals surface area contributed by atoms with E-state index in [1.807, 2.05) is 74.1 Å². The average Bonchev–Trinajstić information content (AvgIpc) is 2.42. The second kappa shape index (κ2) is 7.90. The first-order valence-electron chi connectivity index (χ1n) is 5.95. The standard InChI is InChI=1S/C16H17IO2/c1-12(2)4-8-15(18)9-5-13(3)14-6-10-16(19-17)11-7-14/h4,6-7,10-11,18H,8H2,1-3H3. The van der Waals surface area contributed by atoms with Gasteiger partial charge in [-0.1, -0.05) is 29.5 Å². The van der Waals surface area contributed by atoms with E-state index in [0.717, 1.165) is 16.9 Å². The zero-order chi connectivity index (χ0) is 14.3. The summed E-state index contributed by atoms with van der Waals surface area (Å²) in [5.74, 6) is 0.996. The Morgan fingerprint density at radius 1 is 1.21 bits per heavy atom. The van der Waals surface area contributed by atoms with E-state index in [1.54, 1.807) is 0 Å². The molecule has 100 valence electrons. The predicted octanol–water partition coefficient (Wildman–Crippen LogP) is 5.37. The van der Waals surface area contributed by atoms with Crippen molar-refractivity contribution >= 4 is 28.6 Å². The van der Waals surface area contributed by atoms with E-state index in [2.05, 4.69) is 11.5 Å². The summed E-state index contributed by atoms with van der Waals surface area (Å²) in [5.41, 5.74) is 8.86. The molecule has 0 saturated carbocycles. The van der Waals surface area contributed by atoms with Gasteiger partial charge in [0.05, 0.1) is 0 Å². The highest BCUT2D eigenvalue weighted by atomic mass is 127. The molecule has 1 rings (SSSR count). The van der Waals surface area contributed by atoms with E-state index in [-0.39, 0.29) is 5.76 Å². The van der Waals surface area contributed by atoms with Crippen molar-refractivity contribution in [2.75, 3.05) is 0 Å². The topological polar surface area (TPSA) is 29.5 Å². The summed E-state index contributed by atoms with van der Waals surface area (Å²) < 4.78 is 5.08. The van der Waals surface area contributed by atoms with Crippen molar-refractivity contribution < 1.29 is 8.17 Å². The summed E-state index contributed by atoms with van der Waals surface area (Å²) >= 11 is 1.85. The van der Waals surface area contributed by atoms with Crippen LogP contribution in [0.1, 0.15) is 32.8 Å². The molecule has 0 radical (unpaired) electrons. The third-order valence-electron chi connectivity index (χ3n) is 2.47. The first-order valence-corrected chi connectivity index (χ1v) is 6.83. The van der Waals surface area contributed by atoms with Crippen LogP contribution in [0.3, 0.4) is 0 Å². The molecule has 19 heavy (non-hydrogen) atoms. The Kier molecular flexibility index (Phi) is 6.51. The normalized spacial score (nSPS) is 9.05. The average molecular weight is 368 g/mol. The number of hydrogen-bond donors (Lipinski definition) is 1. The largest absolute Gasteiger partial charge is 0.504 e. The molecule has 1 N–H and O–H groups in total. The summed E-state index contributed by atoms with van der Waals surface area (Å²) in [6, 6.07) is 7.68. The second-order valence-electron chi connectivity index (χ2n) is 4.41. The van der Waals surface area contributed by atoms with Gasteiger partial charge in [-0.3, -0.25) is 0 Å². The van der Waals surface area contributed by atoms with E-state index in [0.29, 0.717) is 6.42 Å². The molecule has 3 heteroatoms. The van der Waals surface area contributed by atoms with Crippen LogP contribution in [0.4, 0.5) is 0 Å². The maximum atomic E-state index is 9.64. The van der Waals surface area contributed by atoms with Crippen molar-refractivity contribution in [1.82, 2.24) is 0 Å². The van der Waals surface area contributed by atoms with Crippen molar-refractivity contribution in [2.24, 2.45) is 0 Å². The smallest absolute Gasteiger partial charge is 0.192 e. The van der Waals surface area contributed by atoms with Crippen molar-refractivity contribution in [3.63, 3.8) is 0 Å². The van der Waals surface area contributed by atoms with Crippen LogP contribution in [-0.4, -0.2) is 5.11 Å². The van der Waals surface area contributed by atoms with Crippen LogP contribution in [0, 0.1) is 0 Å². The lowest BCUT2D eigenvalue weighted by Crippen LogP contribution is -1.79. The van der Waals surface area contributed by atoms with Gasteiger partial charge in [0.1, 0.15) is 11.5 Å². The van der Waals surface area contributed by atoms with Gasteiger partial charge >= 0.3 is 0 Å². The Balaban J connectivity index is 2.96. The van der Waals surface area contributed by atoms with Gasteiger partial charge in [0.25, 0.3) is 0 Å². The van der Waals surface area contributed by atoms with E-state index in [4.69, 9.17) is 3.07 Å². The number of hydrogen-bond acceptors (Lipinski definition) is 2. The fourth-order valence-electron chi connectivity index (χ4n) is 1.35. The summed E-state index contributed by atoms with van der Waals surface area (Å²) in [7, 11) is 0. The molecule has 0 fully saturated rings. The molecular formula is C16H17IO2. The summed E-state index contributed by atoms with van der Waals surface area (Å²) in [5, 5.41) is 9.64. The van der Waals surface area contributed by atoms with Crippen LogP contribution in [0.5, 0.6) is 5.75 Å². The van der Waals surface area contributed by atoms with Crippen LogP contribution < -0.4 is 3.07 Å². The molecule has 0 unspecified atom stereocenters. The molecule has 0 aliphatic heterocycles. The molecule has 1 aromatic carbocycles. The molecule has 0 aliphatic carbocycles. The van der Waals surface area contributed by atoms with Gasteiger partial charge in [0.2, 0.25) is 0 Å². The van der Waals surface area contributed by atoms with Crippen LogP contribution in [0.2, 0.25) is 0 Å². The highest BCUT2D eigenvalue weighted by Gasteiger charge is 1.96. The highest BCUT2D eigenvalue weighted by molar-refractivity contribution is 14.1. The molecule has 1 aromatic rings. The SMILES string of the molecule is CC(=C=C=C(O)CC=C(C)C)c1ccc(OI)cc1. The van der Waals surface area contributed by atoms with Gasteiger partial charge in [-0.05, 0) is 44.2 Å². The summed E-state index contributed by atoms with van der Waals surface area (Å²) in [4.78, 5) is 0. The van der Waals surface area contributed by atoms with E-state index < -0.39 is 0 Å². The molecule has 0 saturated heterocycles. The Morgan fingerprint density at radius 3 is 2.37 bits per heavy atom. The number of halogens is 1. The van der Waals surface area contributed by atoms with Crippen LogP contribution in [0.25, 0.3) is 5.57 Å². The van der Waals surface area contributed by atoms with Gasteiger partial charge < -0.3 is 8.17 Å². The van der Waals surface area contributed by atoms with E-state index >= 15 is 0 Å². The molecule has 0 spiro atoms. The Bertz CT molecular complexity index is 551. The molecule has 2 nitrogen and oxygen atoms in total.